The van der Waals surface area contributed by atoms with Gasteiger partial charge in [0.05, 0.1) is 17.2 Å². The van der Waals surface area contributed by atoms with Crippen molar-refractivity contribution in [1.82, 2.24) is 20.0 Å². The third-order valence-electron chi connectivity index (χ3n) is 12.4. The minimum Gasteiger partial charge on any atom is -0.508 e. The monoisotopic (exact) mass is 768 g/mol. The number of carbonyl (C=O) groups is 3. The van der Waals surface area contributed by atoms with Crippen molar-refractivity contribution in [3.8, 4) is 11.5 Å². The Morgan fingerprint density at radius 1 is 0.754 bits per heavy atom. The number of fused-ring (bicyclic) bond motifs is 1. The largest absolute Gasteiger partial charge is 0.508 e. The Balaban J connectivity index is 0.808. The predicted molar refractivity (Wildman–Crippen MR) is 220 cm³/mol. The summed E-state index contributed by atoms with van der Waals surface area (Å²) in [6.07, 6.45) is 4.31. The molecule has 2 atom stereocenters. The Hall–Kier alpha value is -5.29. The number of phenolic OH excluding ortho intramolecular Hbond substituents is 1. The van der Waals surface area contributed by atoms with Crippen LogP contribution in [0, 0.1) is 0 Å². The van der Waals surface area contributed by atoms with Gasteiger partial charge in [-0.15, -0.1) is 0 Å². The number of nitrogens with zero attached hydrogens (tertiary/aromatic N) is 3. The van der Waals surface area contributed by atoms with Crippen LogP contribution < -0.4 is 10.1 Å². The van der Waals surface area contributed by atoms with E-state index in [2.05, 4.69) is 70.6 Å². The molecule has 4 aliphatic rings. The minimum absolute atomic E-state index is 0.168. The molecule has 0 aromatic heterocycles. The zero-order chi connectivity index (χ0) is 39.5. The summed E-state index contributed by atoms with van der Waals surface area (Å²) in [7, 11) is 0. The second-order valence-electron chi connectivity index (χ2n) is 15.8. The lowest BCUT2D eigenvalue weighted by molar-refractivity contribution is -0.129. The van der Waals surface area contributed by atoms with Gasteiger partial charge in [-0.25, -0.2) is 0 Å². The molecule has 4 aromatic carbocycles. The topological polar surface area (TPSA) is 123 Å². The number of imide groups is 1. The first-order valence-electron chi connectivity index (χ1n) is 20.5. The number of likely N-dealkylation sites (tertiary alicyclic amines) is 2. The molecule has 2 unspecified atom stereocenters. The number of benzene rings is 4. The van der Waals surface area contributed by atoms with Crippen LogP contribution in [0.4, 0.5) is 0 Å². The van der Waals surface area contributed by atoms with E-state index >= 15 is 0 Å². The highest BCUT2D eigenvalue weighted by atomic mass is 16.5. The highest BCUT2D eigenvalue weighted by Gasteiger charge is 2.44. The van der Waals surface area contributed by atoms with Crippen LogP contribution >= 0.6 is 0 Å². The van der Waals surface area contributed by atoms with E-state index in [4.69, 9.17) is 4.74 Å². The molecule has 3 fully saturated rings. The van der Waals surface area contributed by atoms with E-state index < -0.39 is 18.2 Å². The summed E-state index contributed by atoms with van der Waals surface area (Å²) >= 11 is 0. The zero-order valence-electron chi connectivity index (χ0n) is 32.6. The van der Waals surface area contributed by atoms with Crippen LogP contribution in [0.25, 0.3) is 11.1 Å². The van der Waals surface area contributed by atoms with Gasteiger partial charge in [0, 0.05) is 19.0 Å². The second-order valence-corrected chi connectivity index (χ2v) is 15.8. The molecule has 3 amide bonds. The fourth-order valence-electron chi connectivity index (χ4n) is 9.30. The number of ether oxygens (including phenoxy) is 1. The summed E-state index contributed by atoms with van der Waals surface area (Å²) in [4.78, 5) is 44.6. The maximum absolute atomic E-state index is 13.4. The molecule has 0 aliphatic carbocycles. The van der Waals surface area contributed by atoms with Crippen molar-refractivity contribution < 1.29 is 29.3 Å². The van der Waals surface area contributed by atoms with Crippen molar-refractivity contribution in [3.63, 3.8) is 0 Å². The van der Waals surface area contributed by atoms with Gasteiger partial charge in [0.2, 0.25) is 5.91 Å². The van der Waals surface area contributed by atoms with Crippen molar-refractivity contribution in [2.45, 2.75) is 76.1 Å². The predicted octanol–water partition coefficient (Wildman–Crippen LogP) is 6.68. The first-order valence-corrected chi connectivity index (χ1v) is 20.5. The molecule has 57 heavy (non-hydrogen) atoms. The number of hydrogen-bond acceptors (Lipinski definition) is 8. The molecule has 3 N–H and O–H groups in total. The van der Waals surface area contributed by atoms with E-state index in [1.807, 2.05) is 30.3 Å². The average molecular weight is 769 g/mol. The number of aliphatic hydroxyl groups excluding tert-OH is 1. The SMILES string of the molecule is CC/C(=C(\c1ccc(O)cc1)c1ccc(OCCN2CCC(N3CCC(c4ccc5c(c4)C(=O)N(C4CCC(=O)NC4O)C5=O)CC3)CC2)cc1)c1ccccc1. The van der Waals surface area contributed by atoms with E-state index in [1.54, 1.807) is 18.2 Å². The van der Waals surface area contributed by atoms with Gasteiger partial charge < -0.3 is 25.2 Å². The first-order chi connectivity index (χ1) is 27.8. The van der Waals surface area contributed by atoms with Crippen LogP contribution in [0.2, 0.25) is 0 Å². The summed E-state index contributed by atoms with van der Waals surface area (Å²) in [5.74, 6) is 0.365. The number of amides is 3. The lowest BCUT2D eigenvalue weighted by Crippen LogP contribution is -2.57. The lowest BCUT2D eigenvalue weighted by Gasteiger charge is -2.42. The maximum atomic E-state index is 13.4. The zero-order valence-corrected chi connectivity index (χ0v) is 32.6. The van der Waals surface area contributed by atoms with Crippen LogP contribution in [0.15, 0.2) is 97.1 Å². The summed E-state index contributed by atoms with van der Waals surface area (Å²) < 4.78 is 6.25. The van der Waals surface area contributed by atoms with Crippen molar-refractivity contribution in [2.24, 2.45) is 0 Å². The molecule has 0 spiro atoms. The van der Waals surface area contributed by atoms with Gasteiger partial charge in [0.15, 0.2) is 0 Å². The Morgan fingerprint density at radius 3 is 2.09 bits per heavy atom. The van der Waals surface area contributed by atoms with Crippen LogP contribution in [0.5, 0.6) is 11.5 Å². The highest BCUT2D eigenvalue weighted by molar-refractivity contribution is 6.21. The van der Waals surface area contributed by atoms with Gasteiger partial charge in [-0.3, -0.25) is 24.2 Å². The molecular formula is C47H52N4O6. The summed E-state index contributed by atoms with van der Waals surface area (Å²) in [6.45, 7) is 7.80. The number of phenols is 1. The minimum atomic E-state index is -1.25. The quantitative estimate of drug-likeness (QED) is 0.114. The Morgan fingerprint density at radius 2 is 1.42 bits per heavy atom. The summed E-state index contributed by atoms with van der Waals surface area (Å²) in [6, 6.07) is 31.8. The van der Waals surface area contributed by atoms with Crippen LogP contribution in [0.1, 0.15) is 101 Å². The number of hydrogen-bond donors (Lipinski definition) is 3. The molecule has 0 saturated carbocycles. The second kappa shape index (κ2) is 17.1. The molecular weight excluding hydrogens is 717 g/mol. The van der Waals surface area contributed by atoms with E-state index in [1.165, 1.54) is 11.1 Å². The highest BCUT2D eigenvalue weighted by Crippen LogP contribution is 2.37. The van der Waals surface area contributed by atoms with Crippen LogP contribution in [-0.2, 0) is 4.79 Å². The smallest absolute Gasteiger partial charge is 0.261 e. The standard InChI is InChI=1S/C47H52N4O6/c1-2-39(32-6-4-3-5-7-32)44(33-8-13-37(52)14-9-33)34-10-15-38(16-11-34)57-29-28-49-24-22-36(23-25-49)50-26-20-31(21-27-50)35-12-17-40-41(30-35)47(56)51(46(40)55)42-18-19-43(53)48-45(42)54/h3-17,30-31,36,42,45,52,54H,2,18-29H2,1H3,(H,48,53)/b44-39-. The number of rotatable bonds is 11. The van der Waals surface area contributed by atoms with Crippen molar-refractivity contribution >= 4 is 28.9 Å². The average Bonchev–Trinajstić information content (AvgIpc) is 3.49. The Labute approximate surface area is 334 Å². The van der Waals surface area contributed by atoms with Gasteiger partial charge in [0.1, 0.15) is 24.3 Å². The molecule has 10 nitrogen and oxygen atoms in total. The van der Waals surface area contributed by atoms with Crippen molar-refractivity contribution in [2.75, 3.05) is 39.3 Å². The third kappa shape index (κ3) is 8.26. The normalized spacial score (nSPS) is 21.6. The van der Waals surface area contributed by atoms with Crippen molar-refractivity contribution in [3.05, 3.63) is 130 Å². The summed E-state index contributed by atoms with van der Waals surface area (Å²) in [5, 5.41) is 22.8. The van der Waals surface area contributed by atoms with E-state index in [0.29, 0.717) is 29.7 Å². The number of aliphatic hydroxyl groups is 1. The van der Waals surface area contributed by atoms with Gasteiger partial charge in [-0.2, -0.15) is 0 Å². The van der Waals surface area contributed by atoms with Crippen LogP contribution in [0.3, 0.4) is 0 Å². The van der Waals surface area contributed by atoms with E-state index in [-0.39, 0.29) is 30.4 Å². The number of nitrogens with one attached hydrogen (secondary N) is 1. The molecule has 0 radical (unpaired) electrons. The fourth-order valence-corrected chi connectivity index (χ4v) is 9.30. The number of piperidine rings is 3. The number of allylic oxidation sites excluding steroid dienone is 1. The van der Waals surface area contributed by atoms with Crippen LogP contribution in [-0.4, -0.2) is 100 Å². The van der Waals surface area contributed by atoms with Gasteiger partial charge in [0.25, 0.3) is 11.8 Å². The van der Waals surface area contributed by atoms with Gasteiger partial charge in [-0.1, -0.05) is 67.6 Å². The first kappa shape index (κ1) is 38.6. The molecule has 3 saturated heterocycles. The lowest BCUT2D eigenvalue weighted by atomic mass is 9.86. The molecule has 8 rings (SSSR count). The maximum Gasteiger partial charge on any atom is 0.261 e. The molecule has 4 heterocycles. The Kier molecular flexibility index (Phi) is 11.5. The van der Waals surface area contributed by atoms with Crippen molar-refractivity contribution in [1.29, 1.82) is 0 Å². The number of aromatic hydroxyl groups is 1. The molecule has 296 valence electrons. The third-order valence-corrected chi connectivity index (χ3v) is 12.4. The molecule has 10 heteroatoms. The van der Waals surface area contributed by atoms with Gasteiger partial charge >= 0.3 is 0 Å². The number of carbonyl (C=O) groups excluding carboxylic acids is 3. The summed E-state index contributed by atoms with van der Waals surface area (Å²) in [5.41, 5.74) is 7.64. The molecule has 0 bridgehead atoms. The molecule has 4 aromatic rings. The Bertz CT molecular complexity index is 2100. The van der Waals surface area contributed by atoms with Gasteiger partial charge in [-0.05, 0) is 140 Å². The molecule has 4 aliphatic heterocycles. The van der Waals surface area contributed by atoms with E-state index in [9.17, 15) is 24.6 Å². The van der Waals surface area contributed by atoms with E-state index in [0.717, 1.165) is 97.7 Å². The fraction of sp³-hybridized carbons (Fsp3) is 0.383.